The summed E-state index contributed by atoms with van der Waals surface area (Å²) in [6, 6.07) is 9.08. The van der Waals surface area contributed by atoms with Gasteiger partial charge in [-0.2, -0.15) is 0 Å². The molecule has 0 bridgehead atoms. The number of halogens is 1. The van der Waals surface area contributed by atoms with E-state index in [4.69, 9.17) is 4.74 Å². The standard InChI is InChI=1S/C20H24FN3O3/c1-4-9-27-16-7-5-14(13(2)10-16)12-23-20(26)24-15-6-8-18(21)17(11-15)19(25)22-3/h5-8,10-11H,4,9,12H2,1-3H3,(H,22,25)(H2,23,24,26). The van der Waals surface area contributed by atoms with Gasteiger partial charge in [-0.25, -0.2) is 9.18 Å². The molecule has 0 aliphatic heterocycles. The summed E-state index contributed by atoms with van der Waals surface area (Å²) in [5, 5.41) is 7.69. The number of nitrogens with one attached hydrogen (secondary N) is 3. The van der Waals surface area contributed by atoms with Crippen LogP contribution in [0.3, 0.4) is 0 Å². The summed E-state index contributed by atoms with van der Waals surface area (Å²) in [4.78, 5) is 23.7. The largest absolute Gasteiger partial charge is 0.494 e. The third kappa shape index (κ3) is 5.70. The van der Waals surface area contributed by atoms with Crippen LogP contribution >= 0.6 is 0 Å². The van der Waals surface area contributed by atoms with Crippen LogP contribution in [0.5, 0.6) is 5.75 Å². The lowest BCUT2D eigenvalue weighted by Crippen LogP contribution is -2.28. The highest BCUT2D eigenvalue weighted by Crippen LogP contribution is 2.18. The van der Waals surface area contributed by atoms with E-state index in [0.717, 1.165) is 29.4 Å². The SMILES string of the molecule is CCCOc1ccc(CNC(=O)Nc2ccc(F)c(C(=O)NC)c2)c(C)c1. The number of ether oxygens (including phenoxy) is 1. The number of aryl methyl sites for hydroxylation is 1. The van der Waals surface area contributed by atoms with Crippen molar-refractivity contribution in [2.75, 3.05) is 19.0 Å². The number of amides is 3. The van der Waals surface area contributed by atoms with Gasteiger partial charge in [-0.15, -0.1) is 0 Å². The van der Waals surface area contributed by atoms with E-state index in [1.165, 1.54) is 19.2 Å². The second kappa shape index (κ2) is 9.56. The average Bonchev–Trinajstić information content (AvgIpc) is 2.66. The van der Waals surface area contributed by atoms with Gasteiger partial charge in [0.2, 0.25) is 0 Å². The van der Waals surface area contributed by atoms with Crippen LogP contribution in [-0.4, -0.2) is 25.6 Å². The van der Waals surface area contributed by atoms with Gasteiger partial charge in [-0.3, -0.25) is 4.79 Å². The Kier molecular flexibility index (Phi) is 7.16. The second-order valence-corrected chi connectivity index (χ2v) is 6.02. The van der Waals surface area contributed by atoms with Gasteiger partial charge < -0.3 is 20.7 Å². The number of carbonyl (C=O) groups excluding carboxylic acids is 2. The van der Waals surface area contributed by atoms with E-state index in [1.807, 2.05) is 32.0 Å². The van der Waals surface area contributed by atoms with Gasteiger partial charge in [0.05, 0.1) is 12.2 Å². The Balaban J connectivity index is 1.96. The molecule has 0 spiro atoms. The van der Waals surface area contributed by atoms with Crippen molar-refractivity contribution in [3.8, 4) is 5.75 Å². The zero-order valence-corrected chi connectivity index (χ0v) is 15.7. The predicted molar refractivity (Wildman–Crippen MR) is 103 cm³/mol. The van der Waals surface area contributed by atoms with Crippen LogP contribution in [-0.2, 0) is 6.54 Å². The van der Waals surface area contributed by atoms with Crippen LogP contribution in [0.15, 0.2) is 36.4 Å². The first-order valence-electron chi connectivity index (χ1n) is 8.73. The van der Waals surface area contributed by atoms with E-state index in [2.05, 4.69) is 16.0 Å². The molecule has 0 heterocycles. The first-order valence-corrected chi connectivity index (χ1v) is 8.73. The zero-order valence-electron chi connectivity index (χ0n) is 15.7. The molecule has 0 unspecified atom stereocenters. The molecule has 0 radical (unpaired) electrons. The van der Waals surface area contributed by atoms with Crippen LogP contribution in [0.4, 0.5) is 14.9 Å². The minimum atomic E-state index is -0.652. The third-order valence-electron chi connectivity index (χ3n) is 3.92. The Morgan fingerprint density at radius 3 is 2.59 bits per heavy atom. The fraction of sp³-hybridized carbons (Fsp3) is 0.300. The van der Waals surface area contributed by atoms with Crippen molar-refractivity contribution in [3.05, 3.63) is 58.9 Å². The monoisotopic (exact) mass is 373 g/mol. The summed E-state index contributed by atoms with van der Waals surface area (Å²) in [6.45, 7) is 4.98. The molecule has 0 saturated carbocycles. The minimum absolute atomic E-state index is 0.131. The molecule has 2 rings (SSSR count). The number of urea groups is 1. The maximum Gasteiger partial charge on any atom is 0.319 e. The number of anilines is 1. The summed E-state index contributed by atoms with van der Waals surface area (Å²) >= 11 is 0. The molecule has 0 aliphatic carbocycles. The summed E-state index contributed by atoms with van der Waals surface area (Å²) in [5.41, 5.74) is 2.16. The lowest BCUT2D eigenvalue weighted by Gasteiger charge is -2.12. The lowest BCUT2D eigenvalue weighted by atomic mass is 10.1. The Hall–Kier alpha value is -3.09. The lowest BCUT2D eigenvalue weighted by molar-refractivity contribution is 0.0959. The smallest absolute Gasteiger partial charge is 0.319 e. The molecule has 6 nitrogen and oxygen atoms in total. The maximum absolute atomic E-state index is 13.7. The van der Waals surface area contributed by atoms with Crippen molar-refractivity contribution in [1.29, 1.82) is 0 Å². The van der Waals surface area contributed by atoms with Crippen LogP contribution in [0.1, 0.15) is 34.8 Å². The van der Waals surface area contributed by atoms with Gasteiger partial charge in [0.15, 0.2) is 0 Å². The summed E-state index contributed by atoms with van der Waals surface area (Å²) < 4.78 is 19.3. The highest BCUT2D eigenvalue weighted by molar-refractivity contribution is 5.97. The molecule has 0 fully saturated rings. The molecule has 2 aromatic rings. The minimum Gasteiger partial charge on any atom is -0.494 e. The Labute approximate surface area is 158 Å². The summed E-state index contributed by atoms with van der Waals surface area (Å²) in [6.07, 6.45) is 0.938. The van der Waals surface area contributed by atoms with Crippen LogP contribution in [0.2, 0.25) is 0 Å². The fourth-order valence-corrected chi connectivity index (χ4v) is 2.44. The van der Waals surface area contributed by atoms with Gasteiger partial charge in [-0.05, 0) is 54.8 Å². The average molecular weight is 373 g/mol. The van der Waals surface area contributed by atoms with Crippen molar-refractivity contribution in [2.45, 2.75) is 26.8 Å². The van der Waals surface area contributed by atoms with Crippen LogP contribution in [0.25, 0.3) is 0 Å². The summed E-state index contributed by atoms with van der Waals surface area (Å²) in [5.74, 6) is -0.408. The van der Waals surface area contributed by atoms with Crippen LogP contribution < -0.4 is 20.7 Å². The molecule has 3 amide bonds. The van der Waals surface area contributed by atoms with Crippen LogP contribution in [0, 0.1) is 12.7 Å². The normalized spacial score (nSPS) is 10.2. The first-order chi connectivity index (χ1) is 12.9. The molecule has 0 saturated heterocycles. The van der Waals surface area contributed by atoms with Gasteiger partial charge >= 0.3 is 6.03 Å². The van der Waals surface area contributed by atoms with Crippen molar-refractivity contribution < 1.29 is 18.7 Å². The molecule has 144 valence electrons. The number of rotatable bonds is 7. The van der Waals surface area contributed by atoms with Crippen molar-refractivity contribution in [2.24, 2.45) is 0 Å². The topological polar surface area (TPSA) is 79.5 Å². The molecule has 7 heteroatoms. The summed E-state index contributed by atoms with van der Waals surface area (Å²) in [7, 11) is 1.41. The van der Waals surface area contributed by atoms with E-state index in [1.54, 1.807) is 0 Å². The molecule has 0 aliphatic rings. The number of carbonyl (C=O) groups is 2. The molecular weight excluding hydrogens is 349 g/mol. The molecule has 0 aromatic heterocycles. The van der Waals surface area contributed by atoms with E-state index < -0.39 is 17.8 Å². The highest BCUT2D eigenvalue weighted by atomic mass is 19.1. The van der Waals surface area contributed by atoms with Crippen molar-refractivity contribution in [1.82, 2.24) is 10.6 Å². The number of benzene rings is 2. The maximum atomic E-state index is 13.7. The van der Waals surface area contributed by atoms with E-state index in [-0.39, 0.29) is 5.56 Å². The Morgan fingerprint density at radius 2 is 1.93 bits per heavy atom. The number of hydrogen-bond acceptors (Lipinski definition) is 3. The molecule has 0 atom stereocenters. The van der Waals surface area contributed by atoms with E-state index in [9.17, 15) is 14.0 Å². The zero-order chi connectivity index (χ0) is 19.8. The van der Waals surface area contributed by atoms with Gasteiger partial charge in [-0.1, -0.05) is 13.0 Å². The molecule has 27 heavy (non-hydrogen) atoms. The van der Waals surface area contributed by atoms with Gasteiger partial charge in [0, 0.05) is 19.3 Å². The van der Waals surface area contributed by atoms with E-state index in [0.29, 0.717) is 18.8 Å². The van der Waals surface area contributed by atoms with Crippen molar-refractivity contribution in [3.63, 3.8) is 0 Å². The van der Waals surface area contributed by atoms with Gasteiger partial charge in [0.25, 0.3) is 5.91 Å². The van der Waals surface area contributed by atoms with Gasteiger partial charge in [0.1, 0.15) is 11.6 Å². The highest BCUT2D eigenvalue weighted by Gasteiger charge is 2.12. The number of hydrogen-bond donors (Lipinski definition) is 3. The third-order valence-corrected chi connectivity index (χ3v) is 3.92. The van der Waals surface area contributed by atoms with E-state index >= 15 is 0 Å². The van der Waals surface area contributed by atoms with Crippen molar-refractivity contribution >= 4 is 17.6 Å². The Morgan fingerprint density at radius 1 is 1.15 bits per heavy atom. The second-order valence-electron chi connectivity index (χ2n) is 6.02. The Bertz CT molecular complexity index is 824. The quantitative estimate of drug-likeness (QED) is 0.694. The molecular formula is C20H24FN3O3. The molecule has 2 aromatic carbocycles. The predicted octanol–water partition coefficient (Wildman–Crippen LogP) is 3.60. The fourth-order valence-electron chi connectivity index (χ4n) is 2.44. The molecule has 3 N–H and O–H groups in total. The first kappa shape index (κ1) is 20.2.